The lowest BCUT2D eigenvalue weighted by Crippen LogP contribution is -2.57. The van der Waals surface area contributed by atoms with Crippen LogP contribution in [-0.4, -0.2) is 173 Å². The number of carboxylic acid groups (broad SMARTS) is 3. The Labute approximate surface area is 244 Å². The van der Waals surface area contributed by atoms with Crippen molar-refractivity contribution in [2.24, 2.45) is 0 Å². The van der Waals surface area contributed by atoms with Gasteiger partial charge in [-0.1, -0.05) is 30.3 Å². The van der Waals surface area contributed by atoms with Gasteiger partial charge in [-0.25, -0.2) is 0 Å². The fraction of sp³-hybridized carbons (Fsp3) is 0.630. The molecule has 1 atom stereocenters. The lowest BCUT2D eigenvalue weighted by Gasteiger charge is -2.36. The number of aliphatic carboxylic acids is 3. The van der Waals surface area contributed by atoms with Gasteiger partial charge in [-0.05, 0) is 5.56 Å². The largest absolute Gasteiger partial charge is 0.480 e. The van der Waals surface area contributed by atoms with Crippen molar-refractivity contribution in [3.8, 4) is 0 Å². The number of rotatable bonds is 15. The molecular weight excluding hydrogens is 554 g/mol. The van der Waals surface area contributed by atoms with Gasteiger partial charge >= 0.3 is 17.9 Å². The number of carboxylic acids is 3. The van der Waals surface area contributed by atoms with Gasteiger partial charge in [0.2, 0.25) is 5.91 Å². The van der Waals surface area contributed by atoms with E-state index in [9.17, 15) is 44.7 Å². The predicted octanol–water partition coefficient (Wildman–Crippen LogP) is -2.48. The average molecular weight is 598 g/mol. The van der Waals surface area contributed by atoms with Crippen LogP contribution in [0.25, 0.3) is 0 Å². The van der Waals surface area contributed by atoms with Crippen molar-refractivity contribution in [1.29, 1.82) is 0 Å². The number of ether oxygens (including phenoxy) is 1. The molecule has 0 bridgehead atoms. The third-order valence-corrected chi connectivity index (χ3v) is 6.87. The summed E-state index contributed by atoms with van der Waals surface area (Å²) in [5.41, 5.74) is 0.889. The van der Waals surface area contributed by atoms with Gasteiger partial charge in [0.25, 0.3) is 0 Å². The van der Waals surface area contributed by atoms with E-state index in [1.54, 1.807) is 19.6 Å². The maximum atomic E-state index is 13.4. The topological polar surface area (TPSA) is 204 Å². The first-order valence-corrected chi connectivity index (χ1v) is 13.8. The molecule has 1 aromatic carbocycles. The molecule has 0 saturated carbocycles. The van der Waals surface area contributed by atoms with E-state index in [1.165, 1.54) is 0 Å². The summed E-state index contributed by atoms with van der Waals surface area (Å²) in [5.74, 6) is -3.66. The van der Waals surface area contributed by atoms with Crippen molar-refractivity contribution in [3.05, 3.63) is 35.9 Å². The summed E-state index contributed by atoms with van der Waals surface area (Å²) in [7, 11) is 0. The van der Waals surface area contributed by atoms with E-state index >= 15 is 0 Å². The first-order valence-electron chi connectivity index (χ1n) is 13.8. The molecular formula is C27H43N5O10. The van der Waals surface area contributed by atoms with Gasteiger partial charge in [-0.3, -0.25) is 38.8 Å². The van der Waals surface area contributed by atoms with Crippen LogP contribution in [0.2, 0.25) is 0 Å². The molecule has 1 aliphatic heterocycles. The van der Waals surface area contributed by atoms with Crippen molar-refractivity contribution in [2.75, 3.05) is 91.8 Å². The number of hydrogen-bond donors (Lipinski definition) is 6. The number of nitrogens with zero attached hydrogens (tertiary/aromatic N) is 4. The number of amides is 1. The fourth-order valence-electron chi connectivity index (χ4n) is 4.57. The Morgan fingerprint density at radius 1 is 0.714 bits per heavy atom. The zero-order chi connectivity index (χ0) is 30.9. The number of hydrogen-bond acceptors (Lipinski definition) is 11. The molecule has 42 heavy (non-hydrogen) atoms. The highest BCUT2D eigenvalue weighted by atomic mass is 16.5. The minimum atomic E-state index is -1.06. The average Bonchev–Trinajstić information content (AvgIpc) is 2.94. The standard InChI is InChI=1S/C27H43N5O10/c33-17-22(18-34)28-27(41)23(20-42-19-21-4-2-1-3-5-21)32-12-10-30(15-25(37)38)8-6-29(14-24(35)36)7-9-31(11-13-32)16-26(39)40/h1-5,22-23,33-34H,6-20H2,(H,28,41)(H,35,36)(H,37,38)(H,39,40). The molecule has 0 aromatic heterocycles. The third kappa shape index (κ3) is 13.7. The van der Waals surface area contributed by atoms with Crippen molar-refractivity contribution in [2.45, 2.75) is 18.7 Å². The minimum absolute atomic E-state index is 0.0610. The summed E-state index contributed by atoms with van der Waals surface area (Å²) in [6.45, 7) is 0.182. The normalized spacial score (nSPS) is 17.7. The summed E-state index contributed by atoms with van der Waals surface area (Å²) in [4.78, 5) is 54.7. The molecule has 0 spiro atoms. The van der Waals surface area contributed by atoms with Crippen molar-refractivity contribution in [3.63, 3.8) is 0 Å². The number of carbonyl (C=O) groups excluding carboxylic acids is 1. The molecule has 0 radical (unpaired) electrons. The van der Waals surface area contributed by atoms with E-state index in [1.807, 2.05) is 30.3 Å². The maximum absolute atomic E-state index is 13.4. The molecule has 236 valence electrons. The summed E-state index contributed by atoms with van der Waals surface area (Å²) in [5, 5.41) is 49.9. The number of nitrogens with one attached hydrogen (secondary N) is 1. The highest BCUT2D eigenvalue weighted by molar-refractivity contribution is 5.82. The smallest absolute Gasteiger partial charge is 0.317 e. The van der Waals surface area contributed by atoms with Gasteiger partial charge in [-0.15, -0.1) is 0 Å². The van der Waals surface area contributed by atoms with E-state index in [0.29, 0.717) is 0 Å². The Morgan fingerprint density at radius 2 is 1.14 bits per heavy atom. The molecule has 1 fully saturated rings. The SMILES string of the molecule is O=C(O)CN1CCN(CC(=O)O)CCN(C(COCc2ccccc2)C(=O)NC(CO)CO)CCN(CC(=O)O)CC1. The van der Waals surface area contributed by atoms with Crippen LogP contribution in [-0.2, 0) is 30.5 Å². The monoisotopic (exact) mass is 597 g/mol. The third-order valence-electron chi connectivity index (χ3n) is 6.87. The highest BCUT2D eigenvalue weighted by Gasteiger charge is 2.30. The number of carbonyl (C=O) groups is 4. The Bertz CT molecular complexity index is 949. The molecule has 0 aliphatic carbocycles. The van der Waals surface area contributed by atoms with E-state index in [-0.39, 0.29) is 85.2 Å². The van der Waals surface area contributed by atoms with Crippen LogP contribution in [0, 0.1) is 0 Å². The van der Waals surface area contributed by atoms with E-state index in [4.69, 9.17) is 4.74 Å². The van der Waals surface area contributed by atoms with Gasteiger partial charge < -0.3 is 35.6 Å². The Morgan fingerprint density at radius 3 is 1.55 bits per heavy atom. The van der Waals surface area contributed by atoms with E-state index in [0.717, 1.165) is 5.56 Å². The molecule has 1 unspecified atom stereocenters. The molecule has 15 heteroatoms. The van der Waals surface area contributed by atoms with Crippen LogP contribution < -0.4 is 5.32 Å². The second-order valence-corrected chi connectivity index (χ2v) is 10.1. The van der Waals surface area contributed by atoms with E-state index < -0.39 is 49.1 Å². The number of benzene rings is 1. The highest BCUT2D eigenvalue weighted by Crippen LogP contribution is 2.09. The summed E-state index contributed by atoms with van der Waals surface area (Å²) >= 11 is 0. The first kappa shape index (κ1) is 35.0. The fourth-order valence-corrected chi connectivity index (χ4v) is 4.57. The van der Waals surface area contributed by atoms with Crippen LogP contribution in [0.15, 0.2) is 30.3 Å². The van der Waals surface area contributed by atoms with Crippen molar-refractivity contribution < 1.29 is 49.4 Å². The molecule has 2 rings (SSSR count). The van der Waals surface area contributed by atoms with Crippen LogP contribution >= 0.6 is 0 Å². The van der Waals surface area contributed by atoms with Gasteiger partial charge in [0.05, 0.1) is 52.1 Å². The van der Waals surface area contributed by atoms with Gasteiger partial charge in [0.15, 0.2) is 0 Å². The summed E-state index contributed by atoms with van der Waals surface area (Å²) < 4.78 is 5.91. The first-order chi connectivity index (χ1) is 20.1. The molecule has 1 amide bonds. The van der Waals surface area contributed by atoms with Crippen LogP contribution in [0.1, 0.15) is 5.56 Å². The summed E-state index contributed by atoms with van der Waals surface area (Å²) in [6, 6.07) is 7.54. The molecule has 1 aromatic rings. The second kappa shape index (κ2) is 19.1. The second-order valence-electron chi connectivity index (χ2n) is 10.1. The zero-order valence-corrected chi connectivity index (χ0v) is 23.7. The maximum Gasteiger partial charge on any atom is 0.317 e. The Balaban J connectivity index is 2.32. The van der Waals surface area contributed by atoms with Crippen molar-refractivity contribution >= 4 is 23.8 Å². The van der Waals surface area contributed by atoms with Crippen LogP contribution in [0.4, 0.5) is 0 Å². The molecule has 1 heterocycles. The Kier molecular flexibility index (Phi) is 15.9. The lowest BCUT2D eigenvalue weighted by atomic mass is 10.2. The number of aliphatic hydroxyl groups is 2. The quantitative estimate of drug-likeness (QED) is 0.124. The summed E-state index contributed by atoms with van der Waals surface area (Å²) in [6.07, 6.45) is 0. The molecule has 15 nitrogen and oxygen atoms in total. The number of aliphatic hydroxyl groups excluding tert-OH is 2. The molecule has 1 saturated heterocycles. The van der Waals surface area contributed by atoms with Crippen LogP contribution in [0.5, 0.6) is 0 Å². The lowest BCUT2D eigenvalue weighted by molar-refractivity contribution is -0.141. The minimum Gasteiger partial charge on any atom is -0.480 e. The van der Waals surface area contributed by atoms with Gasteiger partial charge in [0, 0.05) is 52.4 Å². The Hall–Kier alpha value is -3.18. The molecule has 6 N–H and O–H groups in total. The predicted molar refractivity (Wildman–Crippen MR) is 150 cm³/mol. The van der Waals surface area contributed by atoms with Gasteiger partial charge in [0.1, 0.15) is 6.04 Å². The molecule has 1 aliphatic rings. The van der Waals surface area contributed by atoms with Crippen LogP contribution in [0.3, 0.4) is 0 Å². The van der Waals surface area contributed by atoms with Crippen molar-refractivity contribution in [1.82, 2.24) is 24.9 Å². The zero-order valence-electron chi connectivity index (χ0n) is 23.7. The van der Waals surface area contributed by atoms with Gasteiger partial charge in [-0.2, -0.15) is 0 Å². The van der Waals surface area contributed by atoms with E-state index in [2.05, 4.69) is 5.32 Å².